The number of nitrogens with zero attached hydrogens (tertiary/aromatic N) is 5. The van der Waals surface area contributed by atoms with Crippen LogP contribution in [0.1, 0.15) is 17.6 Å². The summed E-state index contributed by atoms with van der Waals surface area (Å²) in [6.07, 6.45) is 3.77. The van der Waals surface area contributed by atoms with Crippen LogP contribution in [0.25, 0.3) is 0 Å². The molecule has 0 atom stereocenters. The second-order valence-corrected chi connectivity index (χ2v) is 5.43. The molecule has 1 aliphatic rings. The van der Waals surface area contributed by atoms with Crippen molar-refractivity contribution in [2.45, 2.75) is 26.6 Å². The number of rotatable bonds is 4. The van der Waals surface area contributed by atoms with Crippen LogP contribution in [0, 0.1) is 0 Å². The zero-order valence-corrected chi connectivity index (χ0v) is 11.2. The molecule has 3 heterocycles. The molecule has 7 heteroatoms. The predicted octanol–water partition coefficient (Wildman–Crippen LogP) is 1.18. The molecule has 0 saturated carbocycles. The second-order valence-electron chi connectivity index (χ2n) is 4.31. The molecule has 0 spiro atoms. The minimum absolute atomic E-state index is 0.869. The van der Waals surface area contributed by atoms with Crippen molar-refractivity contribution in [3.8, 4) is 0 Å². The van der Waals surface area contributed by atoms with Crippen molar-refractivity contribution in [1.29, 1.82) is 0 Å². The van der Waals surface area contributed by atoms with E-state index in [0.29, 0.717) is 0 Å². The van der Waals surface area contributed by atoms with E-state index in [2.05, 4.69) is 36.9 Å². The maximum atomic E-state index is 4.35. The van der Waals surface area contributed by atoms with Gasteiger partial charge in [0.2, 0.25) is 0 Å². The van der Waals surface area contributed by atoms with Gasteiger partial charge in [0.1, 0.15) is 12.2 Å². The van der Waals surface area contributed by atoms with Crippen molar-refractivity contribution in [2.24, 2.45) is 0 Å². The summed E-state index contributed by atoms with van der Waals surface area (Å²) in [7, 11) is 0. The summed E-state index contributed by atoms with van der Waals surface area (Å²) in [5.41, 5.74) is 0. The van der Waals surface area contributed by atoms with Gasteiger partial charge in [-0.1, -0.05) is 0 Å². The summed E-state index contributed by atoms with van der Waals surface area (Å²) < 4.78 is 2.12. The molecule has 0 unspecified atom stereocenters. The molecule has 6 nitrogen and oxygen atoms in total. The van der Waals surface area contributed by atoms with Crippen molar-refractivity contribution in [2.75, 3.05) is 18.4 Å². The monoisotopic (exact) mass is 264 g/mol. The molecule has 2 aromatic rings. The normalized spacial score (nSPS) is 15.6. The first-order valence-electron chi connectivity index (χ1n) is 6.13. The second kappa shape index (κ2) is 5.03. The highest BCUT2D eigenvalue weighted by molar-refractivity contribution is 7.15. The lowest BCUT2D eigenvalue weighted by molar-refractivity contribution is 0.210. The fraction of sp³-hybridized carbons (Fsp3) is 0.545. The van der Waals surface area contributed by atoms with Gasteiger partial charge in [-0.05, 0) is 6.92 Å². The Hall–Kier alpha value is -1.47. The van der Waals surface area contributed by atoms with Gasteiger partial charge < -0.3 is 9.88 Å². The van der Waals surface area contributed by atoms with Gasteiger partial charge in [-0.15, -0.1) is 21.5 Å². The SMILES string of the molecule is CCNc1ncc(CN2CCn3cnnc3C2)s1. The van der Waals surface area contributed by atoms with Gasteiger partial charge in [-0.2, -0.15) is 0 Å². The van der Waals surface area contributed by atoms with Crippen LogP contribution in [0.2, 0.25) is 0 Å². The molecule has 2 aromatic heterocycles. The third-order valence-corrected chi connectivity index (χ3v) is 3.92. The number of anilines is 1. The number of nitrogens with one attached hydrogen (secondary N) is 1. The van der Waals surface area contributed by atoms with Gasteiger partial charge in [0, 0.05) is 37.3 Å². The third kappa shape index (κ3) is 2.37. The number of hydrogen-bond acceptors (Lipinski definition) is 6. The third-order valence-electron chi connectivity index (χ3n) is 2.98. The van der Waals surface area contributed by atoms with Crippen molar-refractivity contribution in [3.05, 3.63) is 23.2 Å². The van der Waals surface area contributed by atoms with Crippen molar-refractivity contribution in [3.63, 3.8) is 0 Å². The molecule has 0 aliphatic carbocycles. The van der Waals surface area contributed by atoms with E-state index < -0.39 is 0 Å². The van der Waals surface area contributed by atoms with Crippen LogP contribution in [0.5, 0.6) is 0 Å². The largest absolute Gasteiger partial charge is 0.362 e. The van der Waals surface area contributed by atoms with Gasteiger partial charge in [0.05, 0.1) is 6.54 Å². The standard InChI is InChI=1S/C11H16N6S/c1-2-12-11-13-5-9(18-11)6-16-3-4-17-8-14-15-10(17)7-16/h5,8H,2-4,6-7H2,1H3,(H,12,13). The first kappa shape index (κ1) is 11.6. The maximum absolute atomic E-state index is 4.35. The summed E-state index contributed by atoms with van der Waals surface area (Å²) in [6, 6.07) is 0. The fourth-order valence-corrected chi connectivity index (χ4v) is 3.01. The van der Waals surface area contributed by atoms with E-state index in [4.69, 9.17) is 0 Å². The lowest BCUT2D eigenvalue weighted by Crippen LogP contribution is -2.32. The highest BCUT2D eigenvalue weighted by atomic mass is 32.1. The van der Waals surface area contributed by atoms with Gasteiger partial charge in [-0.25, -0.2) is 4.98 Å². The van der Waals surface area contributed by atoms with Crippen molar-refractivity contribution >= 4 is 16.5 Å². The van der Waals surface area contributed by atoms with Crippen LogP contribution in [0.3, 0.4) is 0 Å². The fourth-order valence-electron chi connectivity index (χ4n) is 2.09. The Morgan fingerprint density at radius 3 is 3.28 bits per heavy atom. The molecule has 0 saturated heterocycles. The Morgan fingerprint density at radius 1 is 1.44 bits per heavy atom. The first-order chi connectivity index (χ1) is 8.85. The van der Waals surface area contributed by atoms with Crippen LogP contribution in [-0.4, -0.2) is 37.7 Å². The Labute approximate surface area is 110 Å². The average Bonchev–Trinajstić information content (AvgIpc) is 2.98. The number of thiazole rings is 1. The molecule has 0 bridgehead atoms. The van der Waals surface area contributed by atoms with E-state index in [1.165, 1.54) is 4.88 Å². The molecule has 1 N–H and O–H groups in total. The molecular weight excluding hydrogens is 248 g/mol. The molecule has 0 aromatic carbocycles. The van der Waals surface area contributed by atoms with E-state index in [0.717, 1.165) is 43.7 Å². The summed E-state index contributed by atoms with van der Waals surface area (Å²) in [6.45, 7) is 6.82. The maximum Gasteiger partial charge on any atom is 0.182 e. The Bertz CT molecular complexity index is 519. The zero-order valence-electron chi connectivity index (χ0n) is 10.3. The average molecular weight is 264 g/mol. The summed E-state index contributed by atoms with van der Waals surface area (Å²) in [4.78, 5) is 8.03. The lowest BCUT2D eigenvalue weighted by Gasteiger charge is -2.26. The predicted molar refractivity (Wildman–Crippen MR) is 70.4 cm³/mol. The zero-order chi connectivity index (χ0) is 12.4. The molecular formula is C11H16N6S. The van der Waals surface area contributed by atoms with Gasteiger partial charge >= 0.3 is 0 Å². The smallest absolute Gasteiger partial charge is 0.182 e. The van der Waals surface area contributed by atoms with Crippen LogP contribution >= 0.6 is 11.3 Å². The quantitative estimate of drug-likeness (QED) is 0.898. The van der Waals surface area contributed by atoms with Crippen molar-refractivity contribution in [1.82, 2.24) is 24.6 Å². The number of fused-ring (bicyclic) bond motifs is 1. The van der Waals surface area contributed by atoms with E-state index in [9.17, 15) is 0 Å². The van der Waals surface area contributed by atoms with E-state index in [-0.39, 0.29) is 0 Å². The number of hydrogen-bond donors (Lipinski definition) is 1. The first-order valence-corrected chi connectivity index (χ1v) is 6.94. The summed E-state index contributed by atoms with van der Waals surface area (Å²) >= 11 is 1.73. The molecule has 3 rings (SSSR count). The molecule has 0 radical (unpaired) electrons. The van der Waals surface area contributed by atoms with Crippen LogP contribution < -0.4 is 5.32 Å². The topological polar surface area (TPSA) is 58.9 Å². The minimum Gasteiger partial charge on any atom is -0.362 e. The summed E-state index contributed by atoms with van der Waals surface area (Å²) in [5, 5.41) is 12.3. The van der Waals surface area contributed by atoms with Crippen molar-refractivity contribution < 1.29 is 0 Å². The van der Waals surface area contributed by atoms with E-state index in [1.54, 1.807) is 11.3 Å². The number of aromatic nitrogens is 4. The highest BCUT2D eigenvalue weighted by Crippen LogP contribution is 2.21. The van der Waals surface area contributed by atoms with Gasteiger partial charge in [0.25, 0.3) is 0 Å². The highest BCUT2D eigenvalue weighted by Gasteiger charge is 2.18. The van der Waals surface area contributed by atoms with E-state index in [1.807, 2.05) is 12.5 Å². The van der Waals surface area contributed by atoms with Crippen LogP contribution in [0.15, 0.2) is 12.5 Å². The van der Waals surface area contributed by atoms with Crippen LogP contribution in [0.4, 0.5) is 5.13 Å². The van der Waals surface area contributed by atoms with Crippen LogP contribution in [-0.2, 0) is 19.6 Å². The molecule has 18 heavy (non-hydrogen) atoms. The van der Waals surface area contributed by atoms with Gasteiger partial charge in [0.15, 0.2) is 5.13 Å². The van der Waals surface area contributed by atoms with Gasteiger partial charge in [-0.3, -0.25) is 4.90 Å². The molecule has 0 amide bonds. The molecule has 96 valence electrons. The lowest BCUT2D eigenvalue weighted by atomic mass is 10.3. The Balaban J connectivity index is 1.63. The Morgan fingerprint density at radius 2 is 2.39 bits per heavy atom. The molecule has 0 fully saturated rings. The Kier molecular flexibility index (Phi) is 3.24. The van der Waals surface area contributed by atoms with E-state index >= 15 is 0 Å². The minimum atomic E-state index is 0.869. The summed E-state index contributed by atoms with van der Waals surface area (Å²) in [5.74, 6) is 1.05. The molecule has 1 aliphatic heterocycles.